The summed E-state index contributed by atoms with van der Waals surface area (Å²) in [5, 5.41) is 8.00. The van der Waals surface area contributed by atoms with Crippen LogP contribution in [0.15, 0.2) is 54.6 Å². The maximum Gasteiger partial charge on any atom is 0.408 e. The van der Waals surface area contributed by atoms with E-state index >= 15 is 0 Å². The average molecular weight is 658 g/mol. The summed E-state index contributed by atoms with van der Waals surface area (Å²) in [6, 6.07) is 12.1. The molecule has 0 radical (unpaired) electrons. The van der Waals surface area contributed by atoms with Gasteiger partial charge in [0, 0.05) is 24.3 Å². The highest BCUT2D eigenvalue weighted by Gasteiger charge is 2.39. The Morgan fingerprint density at radius 1 is 0.935 bits per heavy atom. The van der Waals surface area contributed by atoms with Crippen LogP contribution in [0.3, 0.4) is 0 Å². The molecule has 0 saturated carbocycles. The average Bonchev–Trinajstić information content (AvgIpc) is 3.71. The van der Waals surface area contributed by atoms with E-state index in [0.29, 0.717) is 38.0 Å². The molecule has 2 aliphatic heterocycles. The third-order valence-electron chi connectivity index (χ3n) is 8.18. The number of benzene rings is 2. The predicted molar refractivity (Wildman–Crippen MR) is 172 cm³/mol. The molecule has 10 nitrogen and oxygen atoms in total. The Morgan fingerprint density at radius 3 is 2.28 bits per heavy atom. The third-order valence-corrected chi connectivity index (χ3v) is 8.90. The van der Waals surface area contributed by atoms with Crippen molar-refractivity contribution in [3.63, 3.8) is 0 Å². The Kier molecular flexibility index (Phi) is 13.3. The zero-order valence-electron chi connectivity index (χ0n) is 26.3. The molecule has 2 aromatic carbocycles. The number of amides is 3. The number of esters is 1. The van der Waals surface area contributed by atoms with Gasteiger partial charge in [0.1, 0.15) is 24.5 Å². The molecule has 6 atom stereocenters. The molecule has 0 aromatic heterocycles. The van der Waals surface area contributed by atoms with E-state index < -0.39 is 53.0 Å². The minimum atomic E-state index is -1.12. The molecule has 2 saturated heterocycles. The molecule has 0 unspecified atom stereocenters. The number of rotatable bonds is 15. The molecular formula is C34H44FN3O7S. The number of cyclic esters (lactones) is 1. The first kappa shape index (κ1) is 35.2. The van der Waals surface area contributed by atoms with Gasteiger partial charge < -0.3 is 30.2 Å². The van der Waals surface area contributed by atoms with E-state index in [1.54, 1.807) is 0 Å². The first-order valence-corrected chi connectivity index (χ1v) is 16.4. The Hall–Kier alpha value is -3.64. The Balaban J connectivity index is 1.48. The second kappa shape index (κ2) is 17.3. The summed E-state index contributed by atoms with van der Waals surface area (Å²) in [5.41, 5.74) is 1.38. The second-order valence-electron chi connectivity index (χ2n) is 12.3. The lowest BCUT2D eigenvalue weighted by molar-refractivity contribution is -0.141. The molecule has 2 aliphatic rings. The van der Waals surface area contributed by atoms with Crippen LogP contribution in [0.2, 0.25) is 0 Å². The van der Waals surface area contributed by atoms with Crippen molar-refractivity contribution < 1.29 is 37.8 Å². The standard InChI is InChI=1S/C34H44FN3O7S/c1-21(2)17-28(31(39)36-27(19-25-9-6-15-43-25)30(46)26-14-16-44-33(26)41)37-32(40)29(18-22-10-12-24(35)13-11-22)38-34(42)45-20-23-7-4-3-5-8-23/h3-5,7-8,10-13,21,25-30,46H,6,9,14-20H2,1-2H3,(H,36,39)(H,37,40)(H,38,42)/t25-,26+,27-,28-,29-,30-/m0/s1. The van der Waals surface area contributed by atoms with Gasteiger partial charge in [-0.05, 0) is 61.3 Å². The van der Waals surface area contributed by atoms with Crippen molar-refractivity contribution >= 4 is 36.5 Å². The lowest BCUT2D eigenvalue weighted by atomic mass is 9.92. The molecule has 46 heavy (non-hydrogen) atoms. The monoisotopic (exact) mass is 657 g/mol. The minimum absolute atomic E-state index is 0.00146. The predicted octanol–water partition coefficient (Wildman–Crippen LogP) is 4.11. The van der Waals surface area contributed by atoms with Gasteiger partial charge in [0.15, 0.2) is 0 Å². The van der Waals surface area contributed by atoms with Crippen LogP contribution in [-0.2, 0) is 41.6 Å². The lowest BCUT2D eigenvalue weighted by Gasteiger charge is -2.31. The maximum atomic E-state index is 13.8. The Bertz CT molecular complexity index is 1310. The van der Waals surface area contributed by atoms with E-state index in [1.165, 1.54) is 24.3 Å². The van der Waals surface area contributed by atoms with E-state index in [-0.39, 0.29) is 31.0 Å². The SMILES string of the molecule is CC(C)C[C@H](NC(=O)[C@H](Cc1ccc(F)cc1)NC(=O)OCc1ccccc1)C(=O)N[C@@H](C[C@@H]1CCCO1)[C@@H](S)[C@H]1CCOC1=O. The largest absolute Gasteiger partial charge is 0.465 e. The number of thiol groups is 1. The van der Waals surface area contributed by atoms with Crippen molar-refractivity contribution in [1.82, 2.24) is 16.0 Å². The Labute approximate surface area is 274 Å². The summed E-state index contributed by atoms with van der Waals surface area (Å²) in [7, 11) is 0. The van der Waals surface area contributed by atoms with Crippen molar-refractivity contribution in [2.24, 2.45) is 11.8 Å². The highest BCUT2D eigenvalue weighted by Crippen LogP contribution is 2.29. The maximum absolute atomic E-state index is 13.8. The molecule has 2 fully saturated rings. The normalized spacial score (nSPS) is 20.3. The Morgan fingerprint density at radius 2 is 1.65 bits per heavy atom. The van der Waals surface area contributed by atoms with Gasteiger partial charge in [-0.3, -0.25) is 14.4 Å². The van der Waals surface area contributed by atoms with E-state index in [0.717, 1.165) is 18.4 Å². The number of hydrogen-bond acceptors (Lipinski definition) is 8. The van der Waals surface area contributed by atoms with Gasteiger partial charge in [0.05, 0.1) is 18.6 Å². The number of halogens is 1. The summed E-state index contributed by atoms with van der Waals surface area (Å²) in [5.74, 6) is -2.24. The first-order valence-electron chi connectivity index (χ1n) is 15.9. The first-order chi connectivity index (χ1) is 22.1. The molecule has 3 amide bonds. The number of carbonyl (C=O) groups is 4. The number of alkyl carbamates (subject to hydrolysis) is 1. The van der Waals surface area contributed by atoms with Crippen molar-refractivity contribution in [2.45, 2.75) is 88.5 Å². The highest BCUT2D eigenvalue weighted by molar-refractivity contribution is 7.81. The quantitative estimate of drug-likeness (QED) is 0.168. The molecule has 250 valence electrons. The van der Waals surface area contributed by atoms with E-state index in [1.807, 2.05) is 44.2 Å². The number of ether oxygens (including phenoxy) is 3. The molecule has 0 spiro atoms. The van der Waals surface area contributed by atoms with Gasteiger partial charge in [-0.15, -0.1) is 0 Å². The zero-order chi connectivity index (χ0) is 33.1. The molecule has 3 N–H and O–H groups in total. The molecule has 2 aromatic rings. The number of hydrogen-bond donors (Lipinski definition) is 4. The molecule has 0 aliphatic carbocycles. The number of nitrogens with one attached hydrogen (secondary N) is 3. The second-order valence-corrected chi connectivity index (χ2v) is 12.9. The van der Waals surface area contributed by atoms with Crippen LogP contribution in [0.4, 0.5) is 9.18 Å². The fraction of sp³-hybridized carbons (Fsp3) is 0.529. The van der Waals surface area contributed by atoms with E-state index in [9.17, 15) is 23.6 Å². The van der Waals surface area contributed by atoms with Crippen molar-refractivity contribution in [1.29, 1.82) is 0 Å². The van der Waals surface area contributed by atoms with Crippen LogP contribution < -0.4 is 16.0 Å². The third kappa shape index (κ3) is 10.7. The van der Waals surface area contributed by atoms with E-state index in [2.05, 4.69) is 16.0 Å². The van der Waals surface area contributed by atoms with Gasteiger partial charge in [-0.25, -0.2) is 9.18 Å². The highest BCUT2D eigenvalue weighted by atomic mass is 32.1. The van der Waals surface area contributed by atoms with Crippen molar-refractivity contribution in [3.05, 3.63) is 71.5 Å². The molecule has 0 bridgehead atoms. The van der Waals surface area contributed by atoms with Gasteiger partial charge in [-0.2, -0.15) is 12.6 Å². The van der Waals surface area contributed by atoms with Gasteiger partial charge in [-0.1, -0.05) is 56.3 Å². The van der Waals surface area contributed by atoms with Crippen LogP contribution in [0, 0.1) is 17.7 Å². The summed E-state index contributed by atoms with van der Waals surface area (Å²) in [6.07, 6.45) is 2.18. The van der Waals surface area contributed by atoms with Crippen molar-refractivity contribution in [3.8, 4) is 0 Å². The van der Waals surface area contributed by atoms with Crippen LogP contribution in [0.1, 0.15) is 57.1 Å². The topological polar surface area (TPSA) is 132 Å². The van der Waals surface area contributed by atoms with Gasteiger partial charge in [0.2, 0.25) is 11.8 Å². The number of carbonyl (C=O) groups excluding carboxylic acids is 4. The zero-order valence-corrected chi connectivity index (χ0v) is 27.2. The van der Waals surface area contributed by atoms with Crippen LogP contribution >= 0.6 is 12.6 Å². The summed E-state index contributed by atoms with van der Waals surface area (Å²) < 4.78 is 29.9. The summed E-state index contributed by atoms with van der Waals surface area (Å²) in [4.78, 5) is 52.8. The van der Waals surface area contributed by atoms with Crippen LogP contribution in [-0.4, -0.2) is 66.6 Å². The molecular weight excluding hydrogens is 613 g/mol. The lowest BCUT2D eigenvalue weighted by Crippen LogP contribution is -2.57. The summed E-state index contributed by atoms with van der Waals surface area (Å²) >= 11 is 4.77. The van der Waals surface area contributed by atoms with Gasteiger partial charge in [0.25, 0.3) is 0 Å². The molecule has 4 rings (SSSR count). The van der Waals surface area contributed by atoms with E-state index in [4.69, 9.17) is 26.8 Å². The molecule has 2 heterocycles. The molecule has 12 heteroatoms. The fourth-order valence-corrected chi connectivity index (χ4v) is 6.20. The minimum Gasteiger partial charge on any atom is -0.465 e. The van der Waals surface area contributed by atoms with Gasteiger partial charge >= 0.3 is 12.1 Å². The van der Waals surface area contributed by atoms with Crippen LogP contribution in [0.25, 0.3) is 0 Å². The fourth-order valence-electron chi connectivity index (χ4n) is 5.73. The van der Waals surface area contributed by atoms with Crippen LogP contribution in [0.5, 0.6) is 0 Å². The van der Waals surface area contributed by atoms with Crippen molar-refractivity contribution in [2.75, 3.05) is 13.2 Å². The summed E-state index contributed by atoms with van der Waals surface area (Å²) in [6.45, 7) is 4.81. The smallest absolute Gasteiger partial charge is 0.408 e.